The lowest BCUT2D eigenvalue weighted by molar-refractivity contribution is 0.628. The van der Waals surface area contributed by atoms with Gasteiger partial charge >= 0.3 is 0 Å². The van der Waals surface area contributed by atoms with Crippen molar-refractivity contribution in [2.24, 2.45) is 0 Å². The Morgan fingerprint density at radius 3 is 2.64 bits per heavy atom. The molecule has 0 amide bonds. The number of anilines is 2. The first-order valence-corrected chi connectivity index (χ1v) is 8.82. The van der Waals surface area contributed by atoms with Gasteiger partial charge in [-0.3, -0.25) is 0 Å². The fourth-order valence-corrected chi connectivity index (χ4v) is 3.64. The summed E-state index contributed by atoms with van der Waals surface area (Å²) in [5.41, 5.74) is 1.83. The second kappa shape index (κ2) is 6.61. The molecule has 0 aliphatic carbocycles. The van der Waals surface area contributed by atoms with Gasteiger partial charge in [0, 0.05) is 17.0 Å². The molecule has 3 nitrogen and oxygen atoms in total. The SMILES string of the molecule is Cc1cc2c(Nc3cccc(F)c3)nc(Cc3ccccc3)nc2s1. The van der Waals surface area contributed by atoms with Crippen LogP contribution in [-0.2, 0) is 6.42 Å². The second-order valence-electron chi connectivity index (χ2n) is 5.86. The molecular formula is C20H16FN3S. The van der Waals surface area contributed by atoms with Gasteiger partial charge in [-0.05, 0) is 36.8 Å². The highest BCUT2D eigenvalue weighted by Crippen LogP contribution is 2.30. The fourth-order valence-electron chi connectivity index (χ4n) is 2.74. The van der Waals surface area contributed by atoms with Gasteiger partial charge in [-0.2, -0.15) is 0 Å². The summed E-state index contributed by atoms with van der Waals surface area (Å²) >= 11 is 1.64. The molecule has 2 aromatic heterocycles. The molecule has 5 heteroatoms. The van der Waals surface area contributed by atoms with E-state index in [1.54, 1.807) is 17.4 Å². The van der Waals surface area contributed by atoms with Crippen molar-refractivity contribution >= 4 is 33.1 Å². The van der Waals surface area contributed by atoms with E-state index < -0.39 is 0 Å². The fraction of sp³-hybridized carbons (Fsp3) is 0.100. The smallest absolute Gasteiger partial charge is 0.142 e. The van der Waals surface area contributed by atoms with Crippen molar-refractivity contribution in [1.82, 2.24) is 9.97 Å². The van der Waals surface area contributed by atoms with Crippen molar-refractivity contribution in [1.29, 1.82) is 0 Å². The summed E-state index contributed by atoms with van der Waals surface area (Å²) in [4.78, 5) is 11.5. The lowest BCUT2D eigenvalue weighted by Gasteiger charge is -2.09. The number of thiophene rings is 1. The Kier molecular flexibility index (Phi) is 4.15. The van der Waals surface area contributed by atoms with E-state index in [0.29, 0.717) is 17.9 Å². The Bertz CT molecular complexity index is 1030. The molecule has 25 heavy (non-hydrogen) atoms. The zero-order valence-corrected chi connectivity index (χ0v) is 14.5. The molecule has 124 valence electrons. The van der Waals surface area contributed by atoms with Crippen LogP contribution in [0, 0.1) is 12.7 Å². The molecular weight excluding hydrogens is 333 g/mol. The molecule has 4 aromatic rings. The van der Waals surface area contributed by atoms with E-state index in [4.69, 9.17) is 9.97 Å². The van der Waals surface area contributed by atoms with Gasteiger partial charge in [-0.1, -0.05) is 36.4 Å². The molecule has 0 saturated carbocycles. The van der Waals surface area contributed by atoms with Crippen molar-refractivity contribution in [2.75, 3.05) is 5.32 Å². The van der Waals surface area contributed by atoms with E-state index in [9.17, 15) is 4.39 Å². The first-order valence-electron chi connectivity index (χ1n) is 8.01. The largest absolute Gasteiger partial charge is 0.339 e. The normalized spacial score (nSPS) is 11.0. The first kappa shape index (κ1) is 15.7. The van der Waals surface area contributed by atoms with E-state index in [2.05, 4.69) is 30.4 Å². The van der Waals surface area contributed by atoms with Crippen LogP contribution in [0.5, 0.6) is 0 Å². The number of aromatic nitrogens is 2. The van der Waals surface area contributed by atoms with Gasteiger partial charge in [-0.25, -0.2) is 14.4 Å². The molecule has 0 aliphatic heterocycles. The van der Waals surface area contributed by atoms with Crippen LogP contribution in [0.15, 0.2) is 60.7 Å². The maximum Gasteiger partial charge on any atom is 0.142 e. The zero-order valence-electron chi connectivity index (χ0n) is 13.7. The molecule has 2 aromatic carbocycles. The minimum atomic E-state index is -0.277. The molecule has 0 radical (unpaired) electrons. The minimum Gasteiger partial charge on any atom is -0.339 e. The van der Waals surface area contributed by atoms with E-state index in [0.717, 1.165) is 21.6 Å². The van der Waals surface area contributed by atoms with Crippen LogP contribution in [0.2, 0.25) is 0 Å². The van der Waals surface area contributed by atoms with Gasteiger partial charge in [0.05, 0.1) is 5.39 Å². The van der Waals surface area contributed by atoms with Crippen LogP contribution in [0.3, 0.4) is 0 Å². The number of nitrogens with one attached hydrogen (secondary N) is 1. The van der Waals surface area contributed by atoms with Crippen molar-refractivity contribution < 1.29 is 4.39 Å². The molecule has 0 bridgehead atoms. The van der Waals surface area contributed by atoms with Gasteiger partial charge in [0.25, 0.3) is 0 Å². The van der Waals surface area contributed by atoms with Crippen LogP contribution in [0.1, 0.15) is 16.3 Å². The van der Waals surface area contributed by atoms with E-state index in [-0.39, 0.29) is 5.82 Å². The van der Waals surface area contributed by atoms with Gasteiger partial charge in [0.15, 0.2) is 0 Å². The number of halogens is 1. The monoisotopic (exact) mass is 349 g/mol. The molecule has 4 rings (SSSR count). The maximum atomic E-state index is 13.5. The van der Waals surface area contributed by atoms with Gasteiger partial charge in [0.2, 0.25) is 0 Å². The van der Waals surface area contributed by atoms with Crippen molar-refractivity contribution in [3.8, 4) is 0 Å². The third-order valence-corrected chi connectivity index (χ3v) is 4.80. The number of aryl methyl sites for hydroxylation is 1. The highest BCUT2D eigenvalue weighted by Gasteiger charge is 2.12. The Balaban J connectivity index is 1.75. The number of rotatable bonds is 4. The van der Waals surface area contributed by atoms with E-state index in [1.165, 1.54) is 17.0 Å². The lowest BCUT2D eigenvalue weighted by atomic mass is 10.1. The summed E-state index contributed by atoms with van der Waals surface area (Å²) in [7, 11) is 0. The molecule has 2 heterocycles. The van der Waals surface area contributed by atoms with Gasteiger partial charge in [-0.15, -0.1) is 11.3 Å². The van der Waals surface area contributed by atoms with E-state index in [1.807, 2.05) is 24.3 Å². The predicted molar refractivity (Wildman–Crippen MR) is 101 cm³/mol. The highest BCUT2D eigenvalue weighted by atomic mass is 32.1. The molecule has 0 saturated heterocycles. The first-order chi connectivity index (χ1) is 12.2. The van der Waals surface area contributed by atoms with Crippen LogP contribution in [0.25, 0.3) is 10.2 Å². The van der Waals surface area contributed by atoms with Crippen LogP contribution < -0.4 is 5.32 Å². The molecule has 0 atom stereocenters. The summed E-state index contributed by atoms with van der Waals surface area (Å²) in [6.07, 6.45) is 0.658. The summed E-state index contributed by atoms with van der Waals surface area (Å²) < 4.78 is 13.5. The summed E-state index contributed by atoms with van der Waals surface area (Å²) in [5, 5.41) is 4.20. The van der Waals surface area contributed by atoms with Crippen molar-refractivity contribution in [3.63, 3.8) is 0 Å². The predicted octanol–water partition coefficient (Wildman–Crippen LogP) is 5.47. The second-order valence-corrected chi connectivity index (χ2v) is 7.10. The van der Waals surface area contributed by atoms with Crippen molar-refractivity contribution in [3.05, 3.63) is 82.7 Å². The van der Waals surface area contributed by atoms with Crippen LogP contribution >= 0.6 is 11.3 Å². The van der Waals surface area contributed by atoms with Gasteiger partial charge in [0.1, 0.15) is 22.3 Å². The molecule has 0 unspecified atom stereocenters. The Morgan fingerprint density at radius 1 is 1.00 bits per heavy atom. The molecule has 1 N–H and O–H groups in total. The third kappa shape index (κ3) is 3.51. The van der Waals surface area contributed by atoms with Crippen LogP contribution in [-0.4, -0.2) is 9.97 Å². The Labute approximate surface area is 149 Å². The Hall–Kier alpha value is -2.79. The number of nitrogens with zero attached hydrogens (tertiary/aromatic N) is 2. The number of hydrogen-bond donors (Lipinski definition) is 1. The molecule has 0 fully saturated rings. The summed E-state index contributed by atoms with van der Waals surface area (Å²) in [5.74, 6) is 1.19. The average Bonchev–Trinajstić information content (AvgIpc) is 2.96. The highest BCUT2D eigenvalue weighted by molar-refractivity contribution is 7.18. The molecule has 0 spiro atoms. The number of fused-ring (bicyclic) bond motifs is 1. The standard InChI is InChI=1S/C20H16FN3S/c1-13-10-17-19(22-16-9-5-8-15(21)12-16)23-18(24-20(17)25-13)11-14-6-3-2-4-7-14/h2-10,12H,11H2,1H3,(H,22,23,24). The average molecular weight is 349 g/mol. The zero-order chi connectivity index (χ0) is 17.2. The topological polar surface area (TPSA) is 37.8 Å². The third-order valence-electron chi connectivity index (χ3n) is 3.85. The summed E-state index contributed by atoms with van der Waals surface area (Å²) in [6.45, 7) is 2.05. The van der Waals surface area contributed by atoms with Crippen molar-refractivity contribution in [2.45, 2.75) is 13.3 Å². The van der Waals surface area contributed by atoms with Crippen LogP contribution in [0.4, 0.5) is 15.9 Å². The maximum absolute atomic E-state index is 13.5. The quantitative estimate of drug-likeness (QED) is 0.531. The van der Waals surface area contributed by atoms with E-state index >= 15 is 0 Å². The Morgan fingerprint density at radius 2 is 1.84 bits per heavy atom. The van der Waals surface area contributed by atoms with Gasteiger partial charge < -0.3 is 5.32 Å². The number of benzene rings is 2. The lowest BCUT2D eigenvalue weighted by Crippen LogP contribution is -2.01. The summed E-state index contributed by atoms with van der Waals surface area (Å²) in [6, 6.07) is 18.6. The minimum absolute atomic E-state index is 0.277. The number of hydrogen-bond acceptors (Lipinski definition) is 4. The molecule has 0 aliphatic rings.